The fraction of sp³-hybridized carbons (Fsp3) is 0. The Balaban J connectivity index is 1.48. The van der Waals surface area contributed by atoms with Gasteiger partial charge in [0.2, 0.25) is 17.2 Å². The Morgan fingerprint density at radius 1 is 0.588 bits per heavy atom. The van der Waals surface area contributed by atoms with Crippen LogP contribution in [0, 0.1) is 0 Å². The molecule has 5 aromatic carbocycles. The Kier molecular flexibility index (Phi) is 9.20. The lowest BCUT2D eigenvalue weighted by atomic mass is 10.1. The maximum atomic E-state index is 12.4. The second-order valence-corrected chi connectivity index (χ2v) is 14.9. The fourth-order valence-corrected chi connectivity index (χ4v) is 6.94. The van der Waals surface area contributed by atoms with Gasteiger partial charge >= 0.3 is 0 Å². The molecule has 6 rings (SSSR count). The number of nitrogen functional groups attached to an aromatic ring is 1. The molecular weight excluding hydrogens is 750 g/mol. The first-order chi connectivity index (χ1) is 24.0. The van der Waals surface area contributed by atoms with Crippen LogP contribution in [-0.4, -0.2) is 53.9 Å². The summed E-state index contributed by atoms with van der Waals surface area (Å²) in [4.78, 5) is 10.0. The Labute approximate surface area is 293 Å². The van der Waals surface area contributed by atoms with E-state index in [1.54, 1.807) is 0 Å². The van der Waals surface area contributed by atoms with Crippen molar-refractivity contribution in [3.05, 3.63) is 90.2 Å². The highest BCUT2D eigenvalue weighted by Crippen LogP contribution is 2.40. The van der Waals surface area contributed by atoms with Crippen LogP contribution in [0.5, 0.6) is 0 Å². The molecule has 0 bridgehead atoms. The van der Waals surface area contributed by atoms with E-state index in [1.807, 2.05) is 0 Å². The van der Waals surface area contributed by atoms with E-state index in [-0.39, 0.29) is 67.2 Å². The van der Waals surface area contributed by atoms with Gasteiger partial charge in [0.25, 0.3) is 30.4 Å². The zero-order valence-corrected chi connectivity index (χ0v) is 28.4. The summed E-state index contributed by atoms with van der Waals surface area (Å²) in [7, 11) is -14.1. The highest BCUT2D eigenvalue weighted by Gasteiger charge is 2.20. The number of hydrogen-bond acceptors (Lipinski definition) is 15. The van der Waals surface area contributed by atoms with Crippen molar-refractivity contribution in [1.82, 2.24) is 15.0 Å². The maximum absolute atomic E-state index is 12.4. The molecule has 51 heavy (non-hydrogen) atoms. The number of nitrogens with one attached hydrogen (secondary N) is 1. The number of nitrogens with two attached hydrogens (primary N) is 1. The fourth-order valence-electron chi connectivity index (χ4n) is 4.91. The van der Waals surface area contributed by atoms with Gasteiger partial charge in [0.15, 0.2) is 0 Å². The minimum absolute atomic E-state index is 0.0184. The number of fused-ring (bicyclic) bond motifs is 2. The van der Waals surface area contributed by atoms with Crippen LogP contribution in [0.1, 0.15) is 0 Å². The van der Waals surface area contributed by atoms with Crippen molar-refractivity contribution in [1.29, 1.82) is 0 Å². The van der Waals surface area contributed by atoms with E-state index < -0.39 is 45.0 Å². The van der Waals surface area contributed by atoms with Crippen molar-refractivity contribution in [2.45, 2.75) is 14.7 Å². The van der Waals surface area contributed by atoms with E-state index in [0.29, 0.717) is 0 Å². The van der Waals surface area contributed by atoms with Crippen molar-refractivity contribution in [3.8, 4) is 0 Å². The number of nitrogens with zero attached hydrogens (tertiary/aromatic N) is 7. The molecule has 0 aliphatic carbocycles. The molecule has 22 heteroatoms. The molecule has 0 aliphatic rings. The summed E-state index contributed by atoms with van der Waals surface area (Å²) in [5, 5.41) is 19.8. The molecule has 0 spiro atoms. The molecule has 6 N–H and O–H groups in total. The Bertz CT molecular complexity index is 2780. The van der Waals surface area contributed by atoms with Crippen LogP contribution in [0.2, 0.25) is 5.28 Å². The summed E-state index contributed by atoms with van der Waals surface area (Å²) >= 11 is 5.88. The Hall–Kier alpha value is -5.55. The van der Waals surface area contributed by atoms with E-state index in [4.69, 9.17) is 17.3 Å². The zero-order chi connectivity index (χ0) is 36.7. The van der Waals surface area contributed by atoms with Gasteiger partial charge in [-0.1, -0.05) is 30.3 Å². The summed E-state index contributed by atoms with van der Waals surface area (Å²) in [6.07, 6.45) is 0. The van der Waals surface area contributed by atoms with Crippen LogP contribution < -0.4 is 11.1 Å². The number of anilines is 3. The maximum Gasteiger partial charge on any atom is 0.296 e. The summed E-state index contributed by atoms with van der Waals surface area (Å²) in [6, 6.07) is 18.5. The van der Waals surface area contributed by atoms with E-state index >= 15 is 0 Å². The second-order valence-electron chi connectivity index (χ2n) is 10.3. The third-order valence-electron chi connectivity index (χ3n) is 7.04. The Morgan fingerprint density at radius 3 is 1.82 bits per heavy atom. The zero-order valence-electron chi connectivity index (χ0n) is 25.2. The van der Waals surface area contributed by atoms with Crippen molar-refractivity contribution in [2.75, 3.05) is 11.1 Å². The molecule has 260 valence electrons. The van der Waals surface area contributed by atoms with Gasteiger partial charge in [-0.2, -0.15) is 40.2 Å². The third-order valence-corrected chi connectivity index (χ3v) is 9.86. The molecule has 18 nitrogen and oxygen atoms in total. The first-order valence-corrected chi connectivity index (χ1v) is 18.6. The van der Waals surface area contributed by atoms with Crippen LogP contribution in [0.25, 0.3) is 21.5 Å². The molecule has 0 fully saturated rings. The number of benzene rings is 5. The van der Waals surface area contributed by atoms with Gasteiger partial charge < -0.3 is 11.1 Å². The molecule has 1 heterocycles. The Morgan fingerprint density at radius 2 is 1.18 bits per heavy atom. The average molecular weight is 770 g/mol. The molecule has 1 aromatic heterocycles. The van der Waals surface area contributed by atoms with E-state index in [1.165, 1.54) is 66.7 Å². The normalized spacial score (nSPS) is 12.7. The molecular formula is C29H20ClN9O9S3. The van der Waals surface area contributed by atoms with Gasteiger partial charge in [-0.3, -0.25) is 13.7 Å². The lowest BCUT2D eigenvalue weighted by molar-refractivity contribution is 0.481. The number of azo groups is 2. The first-order valence-electron chi connectivity index (χ1n) is 13.9. The quantitative estimate of drug-likeness (QED) is 0.0753. The van der Waals surface area contributed by atoms with Crippen LogP contribution >= 0.6 is 11.6 Å². The van der Waals surface area contributed by atoms with Gasteiger partial charge in [-0.15, -0.1) is 20.5 Å². The average Bonchev–Trinajstić information content (AvgIpc) is 3.05. The van der Waals surface area contributed by atoms with E-state index in [0.717, 1.165) is 18.2 Å². The van der Waals surface area contributed by atoms with Gasteiger partial charge in [-0.05, 0) is 66.2 Å². The molecule has 0 unspecified atom stereocenters. The SMILES string of the molecule is Nc1nc(Cl)nc(Nc2ccc(N=Nc3ccc(/N=N/c4ccccc4S(=O)(=O)O)c4cc(S(=O)(=O)O)ccc34)c3cccc(S(=O)(=O)O)c23)n1. The van der Waals surface area contributed by atoms with Crippen LogP contribution in [-0.2, 0) is 30.4 Å². The minimum atomic E-state index is -4.78. The van der Waals surface area contributed by atoms with Crippen molar-refractivity contribution in [3.63, 3.8) is 0 Å². The van der Waals surface area contributed by atoms with E-state index in [9.17, 15) is 38.9 Å². The number of hydrogen-bond donors (Lipinski definition) is 5. The predicted molar refractivity (Wildman–Crippen MR) is 185 cm³/mol. The molecule has 0 saturated carbocycles. The smallest absolute Gasteiger partial charge is 0.296 e. The topological polar surface area (TPSA) is 289 Å². The van der Waals surface area contributed by atoms with Crippen molar-refractivity contribution in [2.24, 2.45) is 20.5 Å². The summed E-state index contributed by atoms with van der Waals surface area (Å²) in [6.45, 7) is 0. The van der Waals surface area contributed by atoms with Crippen molar-refractivity contribution >= 4 is 104 Å². The highest BCUT2D eigenvalue weighted by atomic mass is 35.5. The molecule has 6 aromatic rings. The number of aromatic nitrogens is 3. The lowest BCUT2D eigenvalue weighted by Crippen LogP contribution is -2.05. The standard InChI is InChI=1S/C29H20ClN9O9S3/c30-27-33-28(31)35-29(34-27)32-23-13-12-20(17-4-3-7-25(26(17)23)51(46,47)48)37-36-19-10-11-21(18-14-15(49(40,41)42)8-9-16(18)19)38-39-22-5-1-2-6-24(22)50(43,44)45/h1-14H,(H,40,41,42)(H,43,44,45)(H,46,47,48)(H3,31,32,33,34,35)/b37-36?,39-38+. The first kappa shape index (κ1) is 35.3. The molecule has 0 amide bonds. The summed E-state index contributed by atoms with van der Waals surface area (Å²) in [5.74, 6) is -0.337. The molecule has 0 atom stereocenters. The van der Waals surface area contributed by atoms with Crippen LogP contribution in [0.4, 0.5) is 40.3 Å². The predicted octanol–water partition coefficient (Wildman–Crippen LogP) is 6.73. The summed E-state index contributed by atoms with van der Waals surface area (Å²) in [5.41, 5.74) is 5.87. The monoisotopic (exact) mass is 769 g/mol. The molecule has 0 aliphatic heterocycles. The highest BCUT2D eigenvalue weighted by molar-refractivity contribution is 7.86. The van der Waals surface area contributed by atoms with Crippen molar-refractivity contribution < 1.29 is 38.9 Å². The van der Waals surface area contributed by atoms with Crippen LogP contribution in [0.3, 0.4) is 0 Å². The van der Waals surface area contributed by atoms with E-state index in [2.05, 4.69) is 40.7 Å². The van der Waals surface area contributed by atoms with Gasteiger partial charge in [-0.25, -0.2) is 0 Å². The molecule has 0 saturated heterocycles. The summed E-state index contributed by atoms with van der Waals surface area (Å²) < 4.78 is 102. The number of halogens is 1. The van der Waals surface area contributed by atoms with Gasteiger partial charge in [0, 0.05) is 21.5 Å². The van der Waals surface area contributed by atoms with Crippen LogP contribution in [0.15, 0.2) is 120 Å². The van der Waals surface area contributed by atoms with Gasteiger partial charge in [0.05, 0.1) is 27.6 Å². The minimum Gasteiger partial charge on any atom is -0.368 e. The molecule has 0 radical (unpaired) electrons. The third kappa shape index (κ3) is 7.63. The second kappa shape index (κ2) is 13.3. The van der Waals surface area contributed by atoms with Gasteiger partial charge in [0.1, 0.15) is 15.5 Å². The lowest BCUT2D eigenvalue weighted by Gasteiger charge is -2.13. The largest absolute Gasteiger partial charge is 0.368 e. The number of rotatable bonds is 9.